The van der Waals surface area contributed by atoms with Crippen molar-refractivity contribution in [1.82, 2.24) is 9.78 Å². The fourth-order valence-corrected chi connectivity index (χ4v) is 3.28. The molecule has 1 amide bonds. The van der Waals surface area contributed by atoms with Gasteiger partial charge in [-0.25, -0.2) is 8.78 Å². The van der Waals surface area contributed by atoms with Gasteiger partial charge < -0.3 is 10.1 Å². The van der Waals surface area contributed by atoms with E-state index in [1.807, 2.05) is 24.3 Å². The highest BCUT2D eigenvalue weighted by Crippen LogP contribution is 2.21. The van der Waals surface area contributed by atoms with Gasteiger partial charge in [-0.1, -0.05) is 43.3 Å². The Bertz CT molecular complexity index is 1220. The second kappa shape index (κ2) is 10.1. The number of halogens is 2. The number of nitrogens with zero attached hydrogens (tertiary/aromatic N) is 2. The van der Waals surface area contributed by atoms with E-state index in [0.29, 0.717) is 12.2 Å². The minimum absolute atomic E-state index is 0.124. The molecule has 0 aliphatic rings. The zero-order valence-electron chi connectivity index (χ0n) is 18.1. The zero-order valence-corrected chi connectivity index (χ0v) is 18.1. The predicted molar refractivity (Wildman–Crippen MR) is 122 cm³/mol. The lowest BCUT2D eigenvalue weighted by Gasteiger charge is -2.07. The van der Waals surface area contributed by atoms with E-state index in [0.717, 1.165) is 17.5 Å². The summed E-state index contributed by atoms with van der Waals surface area (Å²) in [6.07, 6.45) is 2.50. The Morgan fingerprint density at radius 1 is 0.879 bits per heavy atom. The van der Waals surface area contributed by atoms with E-state index in [1.165, 1.54) is 29.8 Å². The van der Waals surface area contributed by atoms with Crippen molar-refractivity contribution in [2.24, 2.45) is 0 Å². The van der Waals surface area contributed by atoms with Crippen LogP contribution in [0.5, 0.6) is 5.88 Å². The standard InChI is InChI=1S/C26H23F2N3O2/c1-2-18-7-13-23(14-8-18)29-25(32)24-16-31(15-19-3-9-21(27)10-4-19)30-26(24)33-17-20-5-11-22(28)12-6-20/h3-14,16H,2,15,17H2,1H3,(H,29,32). The zero-order chi connectivity index (χ0) is 23.2. The van der Waals surface area contributed by atoms with Gasteiger partial charge in [0.05, 0.1) is 6.54 Å². The predicted octanol–water partition coefficient (Wildman–Crippen LogP) is 5.60. The lowest BCUT2D eigenvalue weighted by molar-refractivity contribution is 0.102. The number of benzene rings is 3. The molecule has 1 aromatic heterocycles. The van der Waals surface area contributed by atoms with E-state index >= 15 is 0 Å². The summed E-state index contributed by atoms with van der Waals surface area (Å²) in [6, 6.07) is 19.6. The first kappa shape index (κ1) is 22.2. The van der Waals surface area contributed by atoms with E-state index in [9.17, 15) is 13.6 Å². The highest BCUT2D eigenvalue weighted by Gasteiger charge is 2.19. The number of anilines is 1. The number of nitrogens with one attached hydrogen (secondary N) is 1. The van der Waals surface area contributed by atoms with Crippen LogP contribution in [0.25, 0.3) is 0 Å². The van der Waals surface area contributed by atoms with Crippen molar-refractivity contribution in [3.05, 3.63) is 113 Å². The largest absolute Gasteiger partial charge is 0.471 e. The number of amides is 1. The van der Waals surface area contributed by atoms with E-state index < -0.39 is 0 Å². The monoisotopic (exact) mass is 447 g/mol. The van der Waals surface area contributed by atoms with Gasteiger partial charge >= 0.3 is 0 Å². The van der Waals surface area contributed by atoms with Crippen molar-refractivity contribution in [3.8, 4) is 5.88 Å². The van der Waals surface area contributed by atoms with Gasteiger partial charge in [0.15, 0.2) is 0 Å². The van der Waals surface area contributed by atoms with Crippen LogP contribution in [0.15, 0.2) is 79.0 Å². The van der Waals surface area contributed by atoms with E-state index in [1.54, 1.807) is 35.1 Å². The van der Waals surface area contributed by atoms with Crippen LogP contribution in [-0.4, -0.2) is 15.7 Å². The summed E-state index contributed by atoms with van der Waals surface area (Å²) < 4.78 is 33.8. The molecule has 0 aliphatic heterocycles. The van der Waals surface area contributed by atoms with E-state index in [-0.39, 0.29) is 35.6 Å². The van der Waals surface area contributed by atoms with Crippen LogP contribution in [-0.2, 0) is 19.6 Å². The van der Waals surface area contributed by atoms with Gasteiger partial charge in [-0.2, -0.15) is 0 Å². The number of rotatable bonds is 8. The molecule has 0 radical (unpaired) electrons. The van der Waals surface area contributed by atoms with Crippen molar-refractivity contribution >= 4 is 11.6 Å². The second-order valence-corrected chi connectivity index (χ2v) is 7.59. The van der Waals surface area contributed by atoms with Crippen LogP contribution in [0.1, 0.15) is 34.0 Å². The molecule has 0 saturated heterocycles. The number of carbonyl (C=O) groups excluding carboxylic acids is 1. The molecule has 0 atom stereocenters. The van der Waals surface area contributed by atoms with E-state index in [2.05, 4.69) is 17.3 Å². The van der Waals surface area contributed by atoms with Crippen molar-refractivity contribution in [1.29, 1.82) is 0 Å². The normalized spacial score (nSPS) is 10.8. The van der Waals surface area contributed by atoms with Crippen LogP contribution in [0.4, 0.5) is 14.5 Å². The van der Waals surface area contributed by atoms with Gasteiger partial charge in [0.25, 0.3) is 5.91 Å². The summed E-state index contributed by atoms with van der Waals surface area (Å²) in [5, 5.41) is 7.29. The van der Waals surface area contributed by atoms with Crippen molar-refractivity contribution in [2.45, 2.75) is 26.5 Å². The molecule has 0 unspecified atom stereocenters. The number of ether oxygens (including phenoxy) is 1. The molecule has 1 heterocycles. The molecule has 5 nitrogen and oxygen atoms in total. The van der Waals surface area contributed by atoms with Crippen LogP contribution in [0.3, 0.4) is 0 Å². The minimum atomic E-state index is -0.362. The van der Waals surface area contributed by atoms with Crippen LogP contribution < -0.4 is 10.1 Å². The maximum absolute atomic E-state index is 13.2. The fourth-order valence-electron chi connectivity index (χ4n) is 3.28. The Hall–Kier alpha value is -4.00. The number of aryl methyl sites for hydroxylation is 1. The third kappa shape index (κ3) is 5.83. The molecule has 0 aliphatic carbocycles. The molecule has 1 N–H and O–H groups in total. The van der Waals surface area contributed by atoms with Crippen molar-refractivity contribution in [2.75, 3.05) is 5.32 Å². The quantitative estimate of drug-likeness (QED) is 0.382. The Morgan fingerprint density at radius 2 is 1.45 bits per heavy atom. The number of hydrogen-bond acceptors (Lipinski definition) is 3. The molecular formula is C26H23F2N3O2. The summed E-state index contributed by atoms with van der Waals surface area (Å²) in [5.41, 5.74) is 3.66. The fraction of sp³-hybridized carbons (Fsp3) is 0.154. The summed E-state index contributed by atoms with van der Waals surface area (Å²) in [4.78, 5) is 13.0. The molecule has 33 heavy (non-hydrogen) atoms. The SMILES string of the molecule is CCc1ccc(NC(=O)c2cn(Cc3ccc(F)cc3)nc2OCc2ccc(F)cc2)cc1. The first-order valence-electron chi connectivity index (χ1n) is 10.6. The Balaban J connectivity index is 1.55. The molecule has 4 rings (SSSR count). The molecule has 4 aromatic rings. The second-order valence-electron chi connectivity index (χ2n) is 7.59. The van der Waals surface area contributed by atoms with Gasteiger partial charge in [-0.3, -0.25) is 9.48 Å². The average Bonchev–Trinajstić information content (AvgIpc) is 3.23. The number of carbonyl (C=O) groups is 1. The van der Waals surface area contributed by atoms with Crippen LogP contribution >= 0.6 is 0 Å². The summed E-state index contributed by atoms with van der Waals surface area (Å²) >= 11 is 0. The minimum Gasteiger partial charge on any atom is -0.471 e. The van der Waals surface area contributed by atoms with Gasteiger partial charge in [0.1, 0.15) is 23.8 Å². The topological polar surface area (TPSA) is 56.2 Å². The van der Waals surface area contributed by atoms with Gasteiger partial charge in [-0.15, -0.1) is 5.10 Å². The Morgan fingerprint density at radius 3 is 2.06 bits per heavy atom. The molecule has 0 saturated carbocycles. The smallest absolute Gasteiger partial charge is 0.262 e. The van der Waals surface area contributed by atoms with Gasteiger partial charge in [0.2, 0.25) is 5.88 Å². The Labute approximate surface area is 190 Å². The molecule has 0 fully saturated rings. The van der Waals surface area contributed by atoms with Gasteiger partial charge in [-0.05, 0) is 59.5 Å². The molecule has 3 aromatic carbocycles. The number of hydrogen-bond donors (Lipinski definition) is 1. The third-order valence-electron chi connectivity index (χ3n) is 5.14. The highest BCUT2D eigenvalue weighted by molar-refractivity contribution is 6.05. The maximum Gasteiger partial charge on any atom is 0.262 e. The first-order valence-corrected chi connectivity index (χ1v) is 10.6. The Kier molecular flexibility index (Phi) is 6.78. The van der Waals surface area contributed by atoms with Gasteiger partial charge in [0, 0.05) is 11.9 Å². The molecule has 0 bridgehead atoms. The lowest BCUT2D eigenvalue weighted by Crippen LogP contribution is -2.13. The van der Waals surface area contributed by atoms with E-state index in [4.69, 9.17) is 4.74 Å². The van der Waals surface area contributed by atoms with Crippen LogP contribution in [0.2, 0.25) is 0 Å². The lowest BCUT2D eigenvalue weighted by atomic mass is 10.1. The average molecular weight is 447 g/mol. The maximum atomic E-state index is 13.2. The summed E-state index contributed by atoms with van der Waals surface area (Å²) in [5.74, 6) is -0.865. The third-order valence-corrected chi connectivity index (χ3v) is 5.14. The van der Waals surface area contributed by atoms with Crippen LogP contribution in [0, 0.1) is 11.6 Å². The van der Waals surface area contributed by atoms with Crippen molar-refractivity contribution in [3.63, 3.8) is 0 Å². The first-order chi connectivity index (χ1) is 16.0. The summed E-state index contributed by atoms with van der Waals surface area (Å²) in [6.45, 7) is 2.53. The summed E-state index contributed by atoms with van der Waals surface area (Å²) in [7, 11) is 0. The molecular weight excluding hydrogens is 424 g/mol. The molecule has 0 spiro atoms. The highest BCUT2D eigenvalue weighted by atomic mass is 19.1. The number of aromatic nitrogens is 2. The molecule has 168 valence electrons. The molecule has 7 heteroatoms. The van der Waals surface area contributed by atoms with Crippen molar-refractivity contribution < 1.29 is 18.3 Å².